The predicted molar refractivity (Wildman–Crippen MR) is 104 cm³/mol. The molecule has 2 aliphatic rings. The lowest BCUT2D eigenvalue weighted by atomic mass is 9.57. The molecule has 30 heavy (non-hydrogen) atoms. The first-order valence-corrected chi connectivity index (χ1v) is 9.54. The summed E-state index contributed by atoms with van der Waals surface area (Å²) in [5.41, 5.74) is 0.137. The van der Waals surface area contributed by atoms with Crippen LogP contribution in [0.1, 0.15) is 24.1 Å². The number of aromatic nitrogens is 2. The fraction of sp³-hybridized carbons (Fsp3) is 0.381. The minimum Gasteiger partial charge on any atom is -0.338 e. The number of carbonyl (C=O) groups is 2. The van der Waals surface area contributed by atoms with Crippen LogP contribution in [0.3, 0.4) is 0 Å². The molecule has 2 aromatic rings. The van der Waals surface area contributed by atoms with E-state index in [-0.39, 0.29) is 34.5 Å². The number of aryl methyl sites for hydroxylation is 1. The van der Waals surface area contributed by atoms with E-state index in [0.29, 0.717) is 31.6 Å². The minimum absolute atomic E-state index is 0.0476. The molecule has 1 aliphatic carbocycles. The number of nitrogens with one attached hydrogen (secondary N) is 1. The van der Waals surface area contributed by atoms with Crippen LogP contribution < -0.4 is 5.32 Å². The summed E-state index contributed by atoms with van der Waals surface area (Å²) < 4.78 is 41.5. The summed E-state index contributed by atoms with van der Waals surface area (Å²) in [4.78, 5) is 29.9. The van der Waals surface area contributed by atoms with Crippen molar-refractivity contribution in [1.82, 2.24) is 14.5 Å². The third kappa shape index (κ3) is 3.71. The van der Waals surface area contributed by atoms with Gasteiger partial charge in [0, 0.05) is 42.0 Å². The van der Waals surface area contributed by atoms with Crippen molar-refractivity contribution < 1.29 is 22.8 Å². The second-order valence-corrected chi connectivity index (χ2v) is 8.18. The van der Waals surface area contributed by atoms with Crippen molar-refractivity contribution in [2.24, 2.45) is 11.3 Å². The number of nitrogens with zero attached hydrogens (tertiary/aromatic N) is 3. The molecule has 6 nitrogen and oxygen atoms in total. The molecular weight excluding hydrogens is 397 g/mol. The highest BCUT2D eigenvalue weighted by Gasteiger charge is 2.55. The lowest BCUT2D eigenvalue weighted by Crippen LogP contribution is -2.64. The number of hydrogen-bond donors (Lipinski definition) is 1. The van der Waals surface area contributed by atoms with E-state index >= 15 is 0 Å². The van der Waals surface area contributed by atoms with E-state index in [1.807, 2.05) is 0 Å². The maximum absolute atomic E-state index is 13.4. The fourth-order valence-corrected chi connectivity index (χ4v) is 4.28. The zero-order valence-corrected chi connectivity index (χ0v) is 16.4. The van der Waals surface area contributed by atoms with Gasteiger partial charge in [0.25, 0.3) is 0 Å². The number of amides is 2. The molecule has 0 bridgehead atoms. The Hall–Kier alpha value is -3.10. The molecule has 4 rings (SSSR count). The molecule has 2 amide bonds. The normalized spacial score (nSPS) is 17.9. The Morgan fingerprint density at radius 3 is 2.53 bits per heavy atom. The topological polar surface area (TPSA) is 67.2 Å². The molecule has 1 spiro atoms. The van der Waals surface area contributed by atoms with Crippen molar-refractivity contribution in [3.8, 4) is 5.69 Å². The molecule has 1 saturated heterocycles. The Morgan fingerprint density at radius 1 is 1.27 bits per heavy atom. The molecule has 1 saturated carbocycles. The monoisotopic (exact) mass is 418 g/mol. The van der Waals surface area contributed by atoms with Gasteiger partial charge in [0.2, 0.25) is 11.8 Å². The van der Waals surface area contributed by atoms with Gasteiger partial charge in [-0.05, 0) is 44.0 Å². The molecule has 9 heteroatoms. The number of anilines is 1. The van der Waals surface area contributed by atoms with E-state index in [4.69, 9.17) is 0 Å². The Balaban J connectivity index is 1.46. The average Bonchev–Trinajstić information content (AvgIpc) is 3.04. The van der Waals surface area contributed by atoms with Crippen LogP contribution in [0, 0.1) is 18.3 Å². The molecule has 2 heterocycles. The van der Waals surface area contributed by atoms with Crippen molar-refractivity contribution in [2.75, 3.05) is 18.4 Å². The smallest absolute Gasteiger partial charge is 0.338 e. The fourth-order valence-electron chi connectivity index (χ4n) is 4.28. The van der Waals surface area contributed by atoms with E-state index < -0.39 is 11.7 Å². The Labute approximate surface area is 171 Å². The third-order valence-corrected chi connectivity index (χ3v) is 5.79. The summed E-state index contributed by atoms with van der Waals surface area (Å²) in [6.07, 6.45) is 1.00. The van der Waals surface area contributed by atoms with Gasteiger partial charge in [-0.2, -0.15) is 13.2 Å². The molecule has 1 N–H and O–H groups in total. The van der Waals surface area contributed by atoms with Gasteiger partial charge in [0.15, 0.2) is 0 Å². The summed E-state index contributed by atoms with van der Waals surface area (Å²) in [6.45, 7) is 6.38. The molecule has 0 radical (unpaired) electrons. The Kier molecular flexibility index (Phi) is 4.71. The molecule has 2 fully saturated rings. The summed E-state index contributed by atoms with van der Waals surface area (Å²) in [6, 6.07) is 3.46. The third-order valence-electron chi connectivity index (χ3n) is 5.79. The minimum atomic E-state index is -4.54. The number of halogens is 3. The van der Waals surface area contributed by atoms with Gasteiger partial charge in [0.05, 0.1) is 17.6 Å². The van der Waals surface area contributed by atoms with Gasteiger partial charge in [-0.3, -0.25) is 9.59 Å². The van der Waals surface area contributed by atoms with Gasteiger partial charge >= 0.3 is 6.18 Å². The number of imidazole rings is 1. The van der Waals surface area contributed by atoms with Crippen LogP contribution in [0.25, 0.3) is 5.69 Å². The number of carbonyl (C=O) groups excluding carboxylic acids is 2. The second-order valence-electron chi connectivity index (χ2n) is 8.18. The Bertz CT molecular complexity index is 1010. The number of rotatable bonds is 4. The van der Waals surface area contributed by atoms with Crippen LogP contribution in [-0.2, 0) is 15.8 Å². The van der Waals surface area contributed by atoms with Gasteiger partial charge in [0.1, 0.15) is 0 Å². The lowest BCUT2D eigenvalue weighted by molar-refractivity contribution is -0.154. The van der Waals surface area contributed by atoms with Gasteiger partial charge in [-0.25, -0.2) is 4.98 Å². The molecule has 1 aliphatic heterocycles. The van der Waals surface area contributed by atoms with Crippen molar-refractivity contribution in [3.05, 3.63) is 54.6 Å². The average molecular weight is 418 g/mol. The van der Waals surface area contributed by atoms with Crippen LogP contribution in [0.2, 0.25) is 0 Å². The highest BCUT2D eigenvalue weighted by molar-refractivity contribution is 5.94. The Morgan fingerprint density at radius 2 is 1.97 bits per heavy atom. The van der Waals surface area contributed by atoms with Crippen LogP contribution in [0.5, 0.6) is 0 Å². The first-order chi connectivity index (χ1) is 14.1. The highest BCUT2D eigenvalue weighted by Crippen LogP contribution is 2.52. The zero-order chi connectivity index (χ0) is 21.7. The van der Waals surface area contributed by atoms with E-state index in [0.717, 1.165) is 12.1 Å². The molecule has 1 aromatic heterocycles. The van der Waals surface area contributed by atoms with Gasteiger partial charge in [-0.1, -0.05) is 6.58 Å². The molecule has 0 atom stereocenters. The van der Waals surface area contributed by atoms with Crippen molar-refractivity contribution in [3.63, 3.8) is 0 Å². The molecular formula is C21H21F3N4O2. The van der Waals surface area contributed by atoms with Crippen LogP contribution in [-0.4, -0.2) is 39.4 Å². The maximum Gasteiger partial charge on any atom is 0.416 e. The summed E-state index contributed by atoms with van der Waals surface area (Å²) >= 11 is 0. The maximum atomic E-state index is 13.4. The standard InChI is InChI=1S/C21H21F3N4O2/c1-3-18(29)28-10-20(11-28)7-14(8-20)19(30)26-16-4-15(21(22,23)24)5-17(6-16)27-9-13(2)25-12-27/h3-6,9,12,14H,1,7-8,10-11H2,2H3,(H,26,30). The zero-order valence-electron chi connectivity index (χ0n) is 16.4. The van der Waals surface area contributed by atoms with Crippen molar-refractivity contribution in [2.45, 2.75) is 25.9 Å². The van der Waals surface area contributed by atoms with Crippen LogP contribution in [0.4, 0.5) is 18.9 Å². The van der Waals surface area contributed by atoms with Gasteiger partial charge in [-0.15, -0.1) is 0 Å². The summed E-state index contributed by atoms with van der Waals surface area (Å²) in [5, 5.41) is 2.64. The van der Waals surface area contributed by atoms with Crippen LogP contribution in [0.15, 0.2) is 43.4 Å². The first-order valence-electron chi connectivity index (χ1n) is 9.54. The summed E-state index contributed by atoms with van der Waals surface area (Å²) in [7, 11) is 0. The van der Waals surface area contributed by atoms with Crippen LogP contribution >= 0.6 is 0 Å². The van der Waals surface area contributed by atoms with E-state index in [1.54, 1.807) is 18.0 Å². The first kappa shape index (κ1) is 20.2. The second kappa shape index (κ2) is 7.00. The molecule has 158 valence electrons. The van der Waals surface area contributed by atoms with Gasteiger partial charge < -0.3 is 14.8 Å². The SMILES string of the molecule is C=CC(=O)N1CC2(CC(C(=O)Nc3cc(-n4cnc(C)c4)cc(C(F)(F)F)c3)C2)C1. The van der Waals surface area contributed by atoms with E-state index in [2.05, 4.69) is 16.9 Å². The quantitative estimate of drug-likeness (QED) is 0.772. The van der Waals surface area contributed by atoms with Crippen molar-refractivity contribution >= 4 is 17.5 Å². The number of benzene rings is 1. The number of likely N-dealkylation sites (tertiary alicyclic amines) is 1. The highest BCUT2D eigenvalue weighted by atomic mass is 19.4. The molecule has 1 aromatic carbocycles. The largest absolute Gasteiger partial charge is 0.416 e. The molecule has 0 unspecified atom stereocenters. The predicted octanol–water partition coefficient (Wildman–Crippen LogP) is 3.56. The van der Waals surface area contributed by atoms with E-state index in [9.17, 15) is 22.8 Å². The number of hydrogen-bond acceptors (Lipinski definition) is 3. The summed E-state index contributed by atoms with van der Waals surface area (Å²) in [5.74, 6) is -0.708. The van der Waals surface area contributed by atoms with E-state index in [1.165, 1.54) is 23.0 Å². The van der Waals surface area contributed by atoms with Crippen molar-refractivity contribution in [1.29, 1.82) is 0 Å². The number of alkyl halides is 3. The lowest BCUT2D eigenvalue weighted by Gasteiger charge is -2.58.